The van der Waals surface area contributed by atoms with Gasteiger partial charge in [0, 0.05) is 6.04 Å². The van der Waals surface area contributed by atoms with Crippen molar-refractivity contribution in [2.75, 3.05) is 0 Å². The van der Waals surface area contributed by atoms with Crippen LogP contribution < -0.4 is 11.3 Å². The van der Waals surface area contributed by atoms with Crippen LogP contribution in [0.4, 0.5) is 0 Å². The molecule has 0 bridgehead atoms. The minimum absolute atomic E-state index is 0.0493. The average molecular weight is 310 g/mol. The Morgan fingerprint density at radius 3 is 2.23 bits per heavy atom. The molecule has 0 amide bonds. The molecule has 0 saturated heterocycles. The van der Waals surface area contributed by atoms with Gasteiger partial charge in [-0.05, 0) is 56.5 Å². The van der Waals surface area contributed by atoms with Crippen LogP contribution in [0.2, 0.25) is 0 Å². The summed E-state index contributed by atoms with van der Waals surface area (Å²) < 4.78 is 1.30. The van der Waals surface area contributed by atoms with Gasteiger partial charge in [0.15, 0.2) is 0 Å². The third kappa shape index (κ3) is 2.43. The normalized spacial score (nSPS) is 12.9. The lowest BCUT2D eigenvalue weighted by Crippen LogP contribution is -2.25. The number of nitrogens with one attached hydrogen (secondary N) is 1. The highest BCUT2D eigenvalue weighted by atomic mass is 79.9. The van der Waals surface area contributed by atoms with Crippen LogP contribution in [-0.2, 0) is 0 Å². The molecule has 0 radical (unpaired) electrons. The molecular weight excluding hydrogens is 300 g/mol. The Morgan fingerprint density at radius 2 is 1.85 bits per heavy atom. The van der Waals surface area contributed by atoms with Gasteiger partial charge in [0.25, 0.3) is 0 Å². The Bertz CT molecular complexity index is 294. The SMILES string of the molecule is C[C@@H](NN)c1cc(Br)c(O)c(Br)c1. The molecule has 0 heterocycles. The number of phenolic OH excluding ortho intramolecular Hbond substituents is 1. The van der Waals surface area contributed by atoms with Gasteiger partial charge in [-0.2, -0.15) is 0 Å². The van der Waals surface area contributed by atoms with Crippen LogP contribution in [0.5, 0.6) is 5.75 Å². The Morgan fingerprint density at radius 1 is 1.38 bits per heavy atom. The summed E-state index contributed by atoms with van der Waals surface area (Å²) in [5.41, 5.74) is 3.63. The first-order chi connectivity index (χ1) is 6.06. The summed E-state index contributed by atoms with van der Waals surface area (Å²) in [5, 5.41) is 9.44. The van der Waals surface area contributed by atoms with E-state index in [4.69, 9.17) is 5.84 Å². The Hall–Kier alpha value is -0.100. The summed E-state index contributed by atoms with van der Waals surface area (Å²) >= 11 is 6.49. The fraction of sp³-hybridized carbons (Fsp3) is 0.250. The first kappa shape index (κ1) is 11.0. The van der Waals surface area contributed by atoms with Crippen LogP contribution in [0.25, 0.3) is 0 Å². The molecule has 0 saturated carbocycles. The molecule has 3 nitrogen and oxygen atoms in total. The second kappa shape index (κ2) is 4.41. The fourth-order valence-electron chi connectivity index (χ4n) is 0.931. The van der Waals surface area contributed by atoms with E-state index in [0.29, 0.717) is 8.95 Å². The summed E-state index contributed by atoms with van der Waals surface area (Å²) in [6, 6.07) is 3.70. The maximum absolute atomic E-state index is 9.44. The molecule has 0 aliphatic carbocycles. The third-order valence-electron chi connectivity index (χ3n) is 1.79. The molecule has 0 fully saturated rings. The molecule has 0 unspecified atom stereocenters. The van der Waals surface area contributed by atoms with Gasteiger partial charge in [0.1, 0.15) is 5.75 Å². The number of hydrazine groups is 1. The van der Waals surface area contributed by atoms with Gasteiger partial charge in [-0.3, -0.25) is 11.3 Å². The van der Waals surface area contributed by atoms with Crippen LogP contribution in [0, 0.1) is 0 Å². The molecule has 13 heavy (non-hydrogen) atoms. The highest BCUT2D eigenvalue weighted by Gasteiger charge is 2.09. The minimum Gasteiger partial charge on any atom is -0.506 e. The molecule has 0 spiro atoms. The highest BCUT2D eigenvalue weighted by Crippen LogP contribution is 2.34. The summed E-state index contributed by atoms with van der Waals surface area (Å²) in [6.45, 7) is 1.94. The Balaban J connectivity index is 3.13. The zero-order valence-electron chi connectivity index (χ0n) is 7.01. The molecule has 0 aliphatic rings. The summed E-state index contributed by atoms with van der Waals surface area (Å²) in [7, 11) is 0. The van der Waals surface area contributed by atoms with Gasteiger partial charge in [-0.1, -0.05) is 0 Å². The Kier molecular flexibility index (Phi) is 3.73. The van der Waals surface area contributed by atoms with Crippen LogP contribution in [0.3, 0.4) is 0 Å². The molecule has 1 rings (SSSR count). The minimum atomic E-state index is 0.0493. The van der Waals surface area contributed by atoms with Crippen molar-refractivity contribution in [3.05, 3.63) is 26.6 Å². The van der Waals surface area contributed by atoms with E-state index < -0.39 is 0 Å². The molecule has 72 valence electrons. The predicted octanol–water partition coefficient (Wildman–Crippen LogP) is 2.44. The third-order valence-corrected chi connectivity index (χ3v) is 3.00. The van der Waals surface area contributed by atoms with Crippen molar-refractivity contribution in [2.45, 2.75) is 13.0 Å². The lowest BCUT2D eigenvalue weighted by Gasteiger charge is -2.12. The number of benzene rings is 1. The van der Waals surface area contributed by atoms with E-state index in [1.807, 2.05) is 19.1 Å². The van der Waals surface area contributed by atoms with E-state index >= 15 is 0 Å². The van der Waals surface area contributed by atoms with Crippen molar-refractivity contribution in [3.63, 3.8) is 0 Å². The second-order valence-corrected chi connectivity index (χ2v) is 4.43. The Labute approximate surface area is 93.6 Å². The van der Waals surface area contributed by atoms with Crippen LogP contribution in [-0.4, -0.2) is 5.11 Å². The quantitative estimate of drug-likeness (QED) is 0.581. The van der Waals surface area contributed by atoms with Gasteiger partial charge < -0.3 is 5.11 Å². The van der Waals surface area contributed by atoms with Crippen molar-refractivity contribution in [2.24, 2.45) is 5.84 Å². The van der Waals surface area contributed by atoms with E-state index in [2.05, 4.69) is 37.3 Å². The maximum atomic E-state index is 9.44. The van der Waals surface area contributed by atoms with Gasteiger partial charge in [0.05, 0.1) is 8.95 Å². The van der Waals surface area contributed by atoms with Crippen molar-refractivity contribution in [1.82, 2.24) is 5.43 Å². The van der Waals surface area contributed by atoms with Gasteiger partial charge in [-0.15, -0.1) is 0 Å². The van der Waals surface area contributed by atoms with E-state index in [1.54, 1.807) is 0 Å². The second-order valence-electron chi connectivity index (χ2n) is 2.72. The molecule has 1 atom stereocenters. The van der Waals surface area contributed by atoms with Crippen molar-refractivity contribution < 1.29 is 5.11 Å². The number of phenols is 1. The monoisotopic (exact) mass is 308 g/mol. The fourth-order valence-corrected chi connectivity index (χ4v) is 2.15. The number of aromatic hydroxyl groups is 1. The molecule has 4 N–H and O–H groups in total. The number of hydrogen-bond acceptors (Lipinski definition) is 3. The van der Waals surface area contributed by atoms with Crippen LogP contribution in [0.15, 0.2) is 21.1 Å². The van der Waals surface area contributed by atoms with Gasteiger partial charge >= 0.3 is 0 Å². The summed E-state index contributed by atoms with van der Waals surface area (Å²) in [6.07, 6.45) is 0. The molecule has 1 aromatic carbocycles. The maximum Gasteiger partial charge on any atom is 0.143 e. The topological polar surface area (TPSA) is 58.3 Å². The van der Waals surface area contributed by atoms with Crippen molar-refractivity contribution >= 4 is 31.9 Å². The number of nitrogens with two attached hydrogens (primary N) is 1. The predicted molar refractivity (Wildman–Crippen MR) is 59.2 cm³/mol. The van der Waals surface area contributed by atoms with Gasteiger partial charge in [-0.25, -0.2) is 0 Å². The summed E-state index contributed by atoms with van der Waals surface area (Å²) in [5.74, 6) is 5.50. The number of rotatable bonds is 2. The highest BCUT2D eigenvalue weighted by molar-refractivity contribution is 9.11. The van der Waals surface area contributed by atoms with E-state index in [1.165, 1.54) is 0 Å². The largest absolute Gasteiger partial charge is 0.506 e. The van der Waals surface area contributed by atoms with Crippen molar-refractivity contribution in [3.8, 4) is 5.75 Å². The summed E-state index contributed by atoms with van der Waals surface area (Å²) in [4.78, 5) is 0. The molecule has 1 aromatic rings. The van der Waals surface area contributed by atoms with Crippen LogP contribution >= 0.6 is 31.9 Å². The lowest BCUT2D eigenvalue weighted by atomic mass is 10.1. The first-order valence-electron chi connectivity index (χ1n) is 3.70. The zero-order valence-corrected chi connectivity index (χ0v) is 10.2. The molecule has 0 aromatic heterocycles. The molecule has 5 heteroatoms. The van der Waals surface area contributed by atoms with E-state index in [9.17, 15) is 5.11 Å². The van der Waals surface area contributed by atoms with Crippen molar-refractivity contribution in [1.29, 1.82) is 0 Å². The first-order valence-corrected chi connectivity index (χ1v) is 5.29. The van der Waals surface area contributed by atoms with Crippen LogP contribution in [0.1, 0.15) is 18.5 Å². The lowest BCUT2D eigenvalue weighted by molar-refractivity contribution is 0.467. The average Bonchev–Trinajstić information content (AvgIpc) is 2.12. The molecular formula is C8H10Br2N2O. The smallest absolute Gasteiger partial charge is 0.143 e. The number of hydrogen-bond donors (Lipinski definition) is 3. The number of halogens is 2. The zero-order chi connectivity index (χ0) is 10.0. The molecule has 0 aliphatic heterocycles. The standard InChI is InChI=1S/C8H10Br2N2O/c1-4(12-11)5-2-6(9)8(13)7(10)3-5/h2-4,12-13H,11H2,1H3/t4-/m1/s1. The van der Waals surface area contributed by atoms with E-state index in [-0.39, 0.29) is 11.8 Å². The van der Waals surface area contributed by atoms with E-state index in [0.717, 1.165) is 5.56 Å². The van der Waals surface area contributed by atoms with Gasteiger partial charge in [0.2, 0.25) is 0 Å².